The van der Waals surface area contributed by atoms with Gasteiger partial charge in [0.2, 0.25) is 0 Å². The van der Waals surface area contributed by atoms with Crippen LogP contribution in [0.2, 0.25) is 0 Å². The predicted octanol–water partition coefficient (Wildman–Crippen LogP) is 0.679. The van der Waals surface area contributed by atoms with Gasteiger partial charge in [-0.25, -0.2) is 4.79 Å². The highest BCUT2D eigenvalue weighted by Crippen LogP contribution is 2.00. The molecule has 0 aromatic carbocycles. The third-order valence-electron chi connectivity index (χ3n) is 0.951. The van der Waals surface area contributed by atoms with E-state index in [4.69, 9.17) is 9.84 Å². The summed E-state index contributed by atoms with van der Waals surface area (Å²) in [5, 5.41) is 10.6. The molecule has 2 N–H and O–H groups in total. The summed E-state index contributed by atoms with van der Waals surface area (Å²) in [6, 6.07) is 0. The average Bonchev–Trinajstić information content (AvgIpc) is 1.59. The molecule has 0 aliphatic carbocycles. The summed E-state index contributed by atoms with van der Waals surface area (Å²) in [6.45, 7) is 3.88. The van der Waals surface area contributed by atoms with Crippen molar-refractivity contribution in [3.05, 3.63) is 0 Å². The summed E-state index contributed by atoms with van der Waals surface area (Å²) < 4.78 is 4.78. The van der Waals surface area contributed by atoms with Crippen LogP contribution in [0.25, 0.3) is 0 Å². The normalized spacial score (nSPS) is 11.1. The second-order valence-electron chi connectivity index (χ2n) is 2.75. The Balaban J connectivity index is 3.74. The van der Waals surface area contributed by atoms with Crippen LogP contribution >= 0.6 is 0 Å². The highest BCUT2D eigenvalue weighted by molar-refractivity contribution is 5.65. The number of amides is 1. The van der Waals surface area contributed by atoms with Crippen LogP contribution in [0.15, 0.2) is 0 Å². The zero-order chi connectivity index (χ0) is 8.20. The lowest BCUT2D eigenvalue weighted by Crippen LogP contribution is -2.46. The van der Waals surface area contributed by atoms with E-state index in [1.165, 1.54) is 7.11 Å². The van der Waals surface area contributed by atoms with Gasteiger partial charge < -0.3 is 15.2 Å². The fourth-order valence-corrected chi connectivity index (χ4v) is 0.686. The second kappa shape index (κ2) is 3.41. The van der Waals surface area contributed by atoms with Gasteiger partial charge in [0.05, 0.1) is 12.1 Å². The van der Waals surface area contributed by atoms with Crippen molar-refractivity contribution in [3.8, 4) is 0 Å². The number of hydrogen-bond acceptors (Lipinski definition) is 2. The Bertz CT molecular complexity index is 122. The van der Waals surface area contributed by atoms with E-state index in [1.54, 1.807) is 13.8 Å². The minimum Gasteiger partial charge on any atom is -0.465 e. The first kappa shape index (κ1) is 9.23. The van der Waals surface area contributed by atoms with Gasteiger partial charge in [-0.2, -0.15) is 0 Å². The molecular formula is C6H13NO3. The van der Waals surface area contributed by atoms with Crippen molar-refractivity contribution in [2.24, 2.45) is 0 Å². The van der Waals surface area contributed by atoms with E-state index < -0.39 is 11.6 Å². The summed E-state index contributed by atoms with van der Waals surface area (Å²) >= 11 is 0. The molecule has 4 nitrogen and oxygen atoms in total. The van der Waals surface area contributed by atoms with Crippen molar-refractivity contribution in [1.29, 1.82) is 0 Å². The highest BCUT2D eigenvalue weighted by atomic mass is 16.5. The third kappa shape index (κ3) is 4.14. The van der Waals surface area contributed by atoms with Crippen LogP contribution in [0.4, 0.5) is 4.79 Å². The molecule has 0 rings (SSSR count). The van der Waals surface area contributed by atoms with Gasteiger partial charge in [0, 0.05) is 7.11 Å². The molecule has 0 saturated heterocycles. The number of carboxylic acid groups (broad SMARTS) is 1. The van der Waals surface area contributed by atoms with Crippen LogP contribution in [0.5, 0.6) is 0 Å². The number of rotatable bonds is 3. The average molecular weight is 147 g/mol. The molecule has 1 amide bonds. The van der Waals surface area contributed by atoms with Gasteiger partial charge in [0.15, 0.2) is 0 Å². The van der Waals surface area contributed by atoms with Crippen LogP contribution in [0.3, 0.4) is 0 Å². The van der Waals surface area contributed by atoms with E-state index >= 15 is 0 Å². The molecule has 0 radical (unpaired) electrons. The minimum atomic E-state index is -1.03. The Morgan fingerprint density at radius 1 is 1.70 bits per heavy atom. The van der Waals surface area contributed by atoms with Crippen molar-refractivity contribution in [2.45, 2.75) is 19.4 Å². The first-order chi connectivity index (χ1) is 4.48. The number of ether oxygens (including phenoxy) is 1. The molecule has 0 spiro atoms. The zero-order valence-electron chi connectivity index (χ0n) is 6.47. The van der Waals surface area contributed by atoms with E-state index in [0.29, 0.717) is 6.61 Å². The van der Waals surface area contributed by atoms with Gasteiger partial charge >= 0.3 is 6.09 Å². The molecule has 60 valence electrons. The first-order valence-corrected chi connectivity index (χ1v) is 2.98. The Hall–Kier alpha value is -0.770. The van der Waals surface area contributed by atoms with E-state index in [0.717, 1.165) is 0 Å². The monoisotopic (exact) mass is 147 g/mol. The molecule has 0 aromatic rings. The van der Waals surface area contributed by atoms with Gasteiger partial charge in [-0.15, -0.1) is 0 Å². The van der Waals surface area contributed by atoms with E-state index in [1.807, 2.05) is 0 Å². The maximum absolute atomic E-state index is 10.1. The Labute approximate surface area is 60.2 Å². The lowest BCUT2D eigenvalue weighted by atomic mass is 10.1. The van der Waals surface area contributed by atoms with Crippen molar-refractivity contribution in [3.63, 3.8) is 0 Å². The number of carbonyl (C=O) groups is 1. The molecule has 0 saturated carbocycles. The molecule has 10 heavy (non-hydrogen) atoms. The third-order valence-corrected chi connectivity index (χ3v) is 0.951. The number of hydrogen-bond donors (Lipinski definition) is 2. The molecule has 0 aliphatic heterocycles. The minimum absolute atomic E-state index is 0.374. The summed E-state index contributed by atoms with van der Waals surface area (Å²) in [6.07, 6.45) is -1.03. The van der Waals surface area contributed by atoms with Crippen molar-refractivity contribution in [2.75, 3.05) is 13.7 Å². The molecule has 0 aliphatic rings. The number of methoxy groups -OCH3 is 1. The quantitative estimate of drug-likeness (QED) is 0.617. The molecule has 0 atom stereocenters. The fourth-order valence-electron chi connectivity index (χ4n) is 0.686. The maximum Gasteiger partial charge on any atom is 0.405 e. The van der Waals surface area contributed by atoms with Gasteiger partial charge in [-0.3, -0.25) is 0 Å². The maximum atomic E-state index is 10.1. The lowest BCUT2D eigenvalue weighted by molar-refractivity contribution is 0.120. The molecule has 0 unspecified atom stereocenters. The van der Waals surface area contributed by atoms with E-state index in [-0.39, 0.29) is 0 Å². The summed E-state index contributed by atoms with van der Waals surface area (Å²) in [5.74, 6) is 0. The smallest absolute Gasteiger partial charge is 0.405 e. The summed E-state index contributed by atoms with van der Waals surface area (Å²) in [4.78, 5) is 10.1. The fraction of sp³-hybridized carbons (Fsp3) is 0.833. The largest absolute Gasteiger partial charge is 0.465 e. The van der Waals surface area contributed by atoms with Gasteiger partial charge in [0.1, 0.15) is 0 Å². The molecule has 0 aromatic heterocycles. The van der Waals surface area contributed by atoms with Crippen molar-refractivity contribution >= 4 is 6.09 Å². The van der Waals surface area contributed by atoms with Gasteiger partial charge in [-0.1, -0.05) is 0 Å². The Morgan fingerprint density at radius 3 is 2.50 bits per heavy atom. The first-order valence-electron chi connectivity index (χ1n) is 2.98. The molecule has 4 heteroatoms. The second-order valence-corrected chi connectivity index (χ2v) is 2.75. The summed E-state index contributed by atoms with van der Waals surface area (Å²) in [5.41, 5.74) is -0.499. The summed E-state index contributed by atoms with van der Waals surface area (Å²) in [7, 11) is 1.53. The Kier molecular flexibility index (Phi) is 3.15. The van der Waals surface area contributed by atoms with Crippen LogP contribution in [0, 0.1) is 0 Å². The zero-order valence-corrected chi connectivity index (χ0v) is 6.47. The van der Waals surface area contributed by atoms with Crippen LogP contribution in [-0.4, -0.2) is 30.5 Å². The highest BCUT2D eigenvalue weighted by Gasteiger charge is 2.18. The van der Waals surface area contributed by atoms with Crippen molar-refractivity contribution < 1.29 is 14.6 Å². The van der Waals surface area contributed by atoms with Gasteiger partial charge in [0.25, 0.3) is 0 Å². The van der Waals surface area contributed by atoms with E-state index in [2.05, 4.69) is 5.32 Å². The van der Waals surface area contributed by atoms with Crippen LogP contribution in [-0.2, 0) is 4.74 Å². The van der Waals surface area contributed by atoms with Crippen LogP contribution < -0.4 is 5.32 Å². The lowest BCUT2D eigenvalue weighted by Gasteiger charge is -2.22. The van der Waals surface area contributed by atoms with E-state index in [9.17, 15) is 4.79 Å². The molecular weight excluding hydrogens is 134 g/mol. The number of nitrogens with one attached hydrogen (secondary N) is 1. The Morgan fingerprint density at radius 2 is 2.20 bits per heavy atom. The molecule has 0 heterocycles. The topological polar surface area (TPSA) is 58.6 Å². The van der Waals surface area contributed by atoms with Gasteiger partial charge in [-0.05, 0) is 13.8 Å². The van der Waals surface area contributed by atoms with Crippen LogP contribution in [0.1, 0.15) is 13.8 Å². The van der Waals surface area contributed by atoms with Crippen molar-refractivity contribution in [1.82, 2.24) is 5.32 Å². The SMILES string of the molecule is COCC(C)(C)NC(=O)O. The standard InChI is InChI=1S/C6H13NO3/c1-6(2,4-10-3)7-5(8)9/h7H,4H2,1-3H3,(H,8,9). The molecule has 0 fully saturated rings. The molecule has 0 bridgehead atoms. The predicted molar refractivity (Wildman–Crippen MR) is 37.1 cm³/mol.